The van der Waals surface area contributed by atoms with Crippen molar-refractivity contribution in [2.45, 2.75) is 65.6 Å². The number of ether oxygens (including phenoxy) is 1. The largest absolute Gasteiger partial charge is 0.373 e. The molecule has 78 valence electrons. The summed E-state index contributed by atoms with van der Waals surface area (Å²) < 4.78 is 5.79. The van der Waals surface area contributed by atoms with Gasteiger partial charge in [0.2, 0.25) is 0 Å². The van der Waals surface area contributed by atoms with Gasteiger partial charge in [-0.05, 0) is 40.5 Å². The topological polar surface area (TPSA) is 9.23 Å². The van der Waals surface area contributed by atoms with Crippen LogP contribution >= 0.6 is 0 Å². The third-order valence-corrected chi connectivity index (χ3v) is 1.73. The fourth-order valence-electron chi connectivity index (χ4n) is 1.51. The van der Waals surface area contributed by atoms with Crippen LogP contribution in [0.1, 0.15) is 53.9 Å². The Bertz CT molecular complexity index is 153. The van der Waals surface area contributed by atoms with Crippen LogP contribution in [0.2, 0.25) is 0 Å². The zero-order valence-electron chi connectivity index (χ0n) is 9.81. The molecule has 1 heteroatoms. The zero-order chi connectivity index (χ0) is 10.5. The highest BCUT2D eigenvalue weighted by atomic mass is 16.5. The molecular weight excluding hydrogens is 160 g/mol. The van der Waals surface area contributed by atoms with E-state index >= 15 is 0 Å². The Labute approximate surface area is 83.2 Å². The van der Waals surface area contributed by atoms with Crippen LogP contribution in [0.15, 0.2) is 12.2 Å². The summed E-state index contributed by atoms with van der Waals surface area (Å²) in [5.41, 5.74) is 1.27. The van der Waals surface area contributed by atoms with Crippen LogP contribution in [-0.2, 0) is 4.74 Å². The Morgan fingerprint density at radius 2 is 1.92 bits per heavy atom. The Morgan fingerprint density at radius 1 is 1.38 bits per heavy atom. The van der Waals surface area contributed by atoms with Crippen molar-refractivity contribution in [2.24, 2.45) is 0 Å². The summed E-state index contributed by atoms with van der Waals surface area (Å²) in [6.45, 7) is 14.6. The van der Waals surface area contributed by atoms with E-state index in [1.54, 1.807) is 0 Å². The Morgan fingerprint density at radius 3 is 2.31 bits per heavy atom. The Kier molecular flexibility index (Phi) is 5.31. The summed E-state index contributed by atoms with van der Waals surface area (Å²) >= 11 is 0. The number of rotatable bonds is 5. The van der Waals surface area contributed by atoms with E-state index in [2.05, 4.69) is 41.2 Å². The summed E-state index contributed by atoms with van der Waals surface area (Å²) in [4.78, 5) is 0. The molecule has 0 spiro atoms. The molecule has 1 nitrogen and oxygen atoms in total. The molecule has 1 atom stereocenters. The first kappa shape index (κ1) is 12.7. The summed E-state index contributed by atoms with van der Waals surface area (Å²) in [5.74, 6) is 0. The second-order valence-corrected chi connectivity index (χ2v) is 4.74. The predicted octanol–water partition coefficient (Wildman–Crippen LogP) is 3.94. The molecule has 0 aliphatic rings. The molecule has 0 rings (SSSR count). The van der Waals surface area contributed by atoms with Crippen molar-refractivity contribution < 1.29 is 4.74 Å². The second kappa shape index (κ2) is 5.43. The Hall–Kier alpha value is -0.300. The highest BCUT2D eigenvalue weighted by Crippen LogP contribution is 2.17. The maximum Gasteiger partial charge on any atom is 0.0602 e. The van der Waals surface area contributed by atoms with Crippen LogP contribution in [0.4, 0.5) is 0 Å². The van der Waals surface area contributed by atoms with Crippen molar-refractivity contribution in [1.82, 2.24) is 0 Å². The lowest BCUT2D eigenvalue weighted by Crippen LogP contribution is -2.25. The van der Waals surface area contributed by atoms with Crippen LogP contribution in [0.5, 0.6) is 0 Å². The van der Waals surface area contributed by atoms with Crippen LogP contribution in [0, 0.1) is 0 Å². The molecule has 0 fully saturated rings. The van der Waals surface area contributed by atoms with E-state index in [0.717, 1.165) is 12.8 Å². The average Bonchev–Trinajstić information content (AvgIpc) is 1.81. The molecule has 0 aliphatic heterocycles. The van der Waals surface area contributed by atoms with E-state index in [4.69, 9.17) is 4.74 Å². The molecule has 1 unspecified atom stereocenters. The first-order valence-corrected chi connectivity index (χ1v) is 5.19. The monoisotopic (exact) mass is 184 g/mol. The minimum absolute atomic E-state index is 0.0358. The first-order valence-electron chi connectivity index (χ1n) is 5.19. The van der Waals surface area contributed by atoms with Crippen molar-refractivity contribution >= 4 is 0 Å². The van der Waals surface area contributed by atoms with Gasteiger partial charge < -0.3 is 4.74 Å². The third-order valence-electron chi connectivity index (χ3n) is 1.73. The minimum atomic E-state index is -0.0358. The van der Waals surface area contributed by atoms with Crippen molar-refractivity contribution in [1.29, 1.82) is 0 Å². The Balaban J connectivity index is 3.74. The molecular formula is C12H24O. The van der Waals surface area contributed by atoms with E-state index in [-0.39, 0.29) is 5.60 Å². The first-order chi connectivity index (χ1) is 5.85. The van der Waals surface area contributed by atoms with Crippen molar-refractivity contribution in [2.75, 3.05) is 0 Å². The van der Waals surface area contributed by atoms with E-state index in [9.17, 15) is 0 Å². The standard InChI is InChI=1S/C12H24O/c1-7-8-10(2)9-11(3)13-12(4,5)6/h11H,2,7-9H2,1,3-6H3. The van der Waals surface area contributed by atoms with Crippen LogP contribution in [0.3, 0.4) is 0 Å². The lowest BCUT2D eigenvalue weighted by Gasteiger charge is -2.25. The van der Waals surface area contributed by atoms with Gasteiger partial charge in [-0.2, -0.15) is 0 Å². The maximum atomic E-state index is 5.79. The van der Waals surface area contributed by atoms with Crippen LogP contribution in [0.25, 0.3) is 0 Å². The minimum Gasteiger partial charge on any atom is -0.373 e. The number of hydrogen-bond acceptors (Lipinski definition) is 1. The summed E-state index contributed by atoms with van der Waals surface area (Å²) in [7, 11) is 0. The van der Waals surface area contributed by atoms with E-state index in [1.807, 2.05) is 0 Å². The quantitative estimate of drug-likeness (QED) is 0.588. The molecule has 0 aromatic rings. The average molecular weight is 184 g/mol. The fourth-order valence-corrected chi connectivity index (χ4v) is 1.51. The molecule has 0 aromatic carbocycles. The molecule has 0 aliphatic carbocycles. The molecule has 0 amide bonds. The SMILES string of the molecule is C=C(CCC)CC(C)OC(C)(C)C. The highest BCUT2D eigenvalue weighted by Gasteiger charge is 2.15. The van der Waals surface area contributed by atoms with Gasteiger partial charge in [-0.1, -0.05) is 25.5 Å². The van der Waals surface area contributed by atoms with E-state index < -0.39 is 0 Å². The van der Waals surface area contributed by atoms with Crippen LogP contribution in [-0.4, -0.2) is 11.7 Å². The zero-order valence-corrected chi connectivity index (χ0v) is 9.81. The lowest BCUT2D eigenvalue weighted by atomic mass is 10.1. The molecule has 0 bridgehead atoms. The van der Waals surface area contributed by atoms with Gasteiger partial charge in [0.05, 0.1) is 11.7 Å². The molecule has 0 radical (unpaired) electrons. The van der Waals surface area contributed by atoms with Gasteiger partial charge in [-0.25, -0.2) is 0 Å². The fraction of sp³-hybridized carbons (Fsp3) is 0.833. The molecule has 0 N–H and O–H groups in total. The van der Waals surface area contributed by atoms with Crippen molar-refractivity contribution in [3.63, 3.8) is 0 Å². The van der Waals surface area contributed by atoms with Gasteiger partial charge >= 0.3 is 0 Å². The van der Waals surface area contributed by atoms with Crippen molar-refractivity contribution in [3.8, 4) is 0 Å². The summed E-state index contributed by atoms with van der Waals surface area (Å²) in [5, 5.41) is 0. The normalized spacial score (nSPS) is 14.2. The number of hydrogen-bond donors (Lipinski definition) is 0. The molecule has 0 saturated heterocycles. The van der Waals surface area contributed by atoms with E-state index in [1.165, 1.54) is 12.0 Å². The van der Waals surface area contributed by atoms with Gasteiger partial charge in [-0.3, -0.25) is 0 Å². The molecule has 13 heavy (non-hydrogen) atoms. The lowest BCUT2D eigenvalue weighted by molar-refractivity contribution is -0.0506. The third kappa shape index (κ3) is 8.04. The second-order valence-electron chi connectivity index (χ2n) is 4.74. The van der Waals surface area contributed by atoms with E-state index in [0.29, 0.717) is 6.10 Å². The van der Waals surface area contributed by atoms with Crippen molar-refractivity contribution in [3.05, 3.63) is 12.2 Å². The highest BCUT2D eigenvalue weighted by molar-refractivity contribution is 4.95. The van der Waals surface area contributed by atoms with Gasteiger partial charge in [-0.15, -0.1) is 0 Å². The van der Waals surface area contributed by atoms with Gasteiger partial charge in [0.15, 0.2) is 0 Å². The predicted molar refractivity (Wildman–Crippen MR) is 59.0 cm³/mol. The van der Waals surface area contributed by atoms with Crippen LogP contribution < -0.4 is 0 Å². The molecule has 0 saturated carbocycles. The van der Waals surface area contributed by atoms with Gasteiger partial charge in [0.1, 0.15) is 0 Å². The maximum absolute atomic E-state index is 5.79. The van der Waals surface area contributed by atoms with Gasteiger partial charge in [0.25, 0.3) is 0 Å². The smallest absolute Gasteiger partial charge is 0.0602 e. The van der Waals surface area contributed by atoms with Gasteiger partial charge in [0, 0.05) is 0 Å². The summed E-state index contributed by atoms with van der Waals surface area (Å²) in [6, 6.07) is 0. The molecule has 0 aromatic heterocycles. The molecule has 0 heterocycles. The summed E-state index contributed by atoms with van der Waals surface area (Å²) in [6.07, 6.45) is 3.59.